The second kappa shape index (κ2) is 6.25. The van der Waals surface area contributed by atoms with Crippen LogP contribution in [0.15, 0.2) is 46.6 Å². The van der Waals surface area contributed by atoms with Crippen LogP contribution in [0.3, 0.4) is 0 Å². The second-order valence-corrected chi connectivity index (χ2v) is 8.85. The molecule has 2 N–H and O–H groups in total. The van der Waals surface area contributed by atoms with E-state index < -0.39 is 15.3 Å². The Morgan fingerprint density at radius 2 is 2.00 bits per heavy atom. The highest BCUT2D eigenvalue weighted by atomic mass is 32.2. The Kier molecular flexibility index (Phi) is 4.06. The van der Waals surface area contributed by atoms with Crippen molar-refractivity contribution in [2.75, 3.05) is 17.8 Å². The standard InChI is InChI=1S/C16H16N4O3S2/c21-16-15-13(6-7-24-15)17-14(18-16)10-20-8-12(9-20)25(22,23)19-11-4-2-1-3-5-11/h1-7,12,19H,8-10H2,(H,17,18,21). The van der Waals surface area contributed by atoms with Crippen molar-refractivity contribution in [3.8, 4) is 0 Å². The minimum Gasteiger partial charge on any atom is -0.308 e. The van der Waals surface area contributed by atoms with E-state index in [-0.39, 0.29) is 5.56 Å². The molecule has 1 aliphatic rings. The third-order valence-electron chi connectivity index (χ3n) is 4.13. The zero-order valence-electron chi connectivity index (χ0n) is 13.2. The lowest BCUT2D eigenvalue weighted by molar-refractivity contribution is 0.172. The maximum atomic E-state index is 12.4. The molecule has 3 aromatic rings. The summed E-state index contributed by atoms with van der Waals surface area (Å²) in [4.78, 5) is 21.1. The molecule has 0 aliphatic carbocycles. The quantitative estimate of drug-likeness (QED) is 0.705. The van der Waals surface area contributed by atoms with Gasteiger partial charge in [0.1, 0.15) is 15.8 Å². The molecule has 4 rings (SSSR count). The number of anilines is 1. The largest absolute Gasteiger partial charge is 0.308 e. The van der Waals surface area contributed by atoms with Gasteiger partial charge in [0.25, 0.3) is 5.56 Å². The van der Waals surface area contributed by atoms with E-state index in [1.54, 1.807) is 24.3 Å². The van der Waals surface area contributed by atoms with Crippen molar-refractivity contribution in [3.05, 3.63) is 58.0 Å². The molecule has 0 unspecified atom stereocenters. The summed E-state index contributed by atoms with van der Waals surface area (Å²) in [6.45, 7) is 1.25. The van der Waals surface area contributed by atoms with Gasteiger partial charge in [-0.15, -0.1) is 11.3 Å². The van der Waals surface area contributed by atoms with Crippen LogP contribution < -0.4 is 10.3 Å². The Labute approximate surface area is 148 Å². The summed E-state index contributed by atoms with van der Waals surface area (Å²) in [6.07, 6.45) is 0. The summed E-state index contributed by atoms with van der Waals surface area (Å²) in [6, 6.07) is 10.7. The van der Waals surface area contributed by atoms with Gasteiger partial charge < -0.3 is 4.98 Å². The van der Waals surface area contributed by atoms with Crippen LogP contribution in [0.5, 0.6) is 0 Å². The predicted octanol–water partition coefficient (Wildman–Crippen LogP) is 1.61. The number of rotatable bonds is 5. The number of sulfonamides is 1. The Morgan fingerprint density at radius 3 is 2.76 bits per heavy atom. The lowest BCUT2D eigenvalue weighted by atomic mass is 10.2. The first-order chi connectivity index (χ1) is 12.0. The van der Waals surface area contributed by atoms with Gasteiger partial charge in [-0.25, -0.2) is 13.4 Å². The van der Waals surface area contributed by atoms with Crippen LogP contribution in [0.25, 0.3) is 10.2 Å². The van der Waals surface area contributed by atoms with Crippen LogP contribution in [-0.4, -0.2) is 41.6 Å². The van der Waals surface area contributed by atoms with Gasteiger partial charge in [0.2, 0.25) is 10.0 Å². The number of likely N-dealkylation sites (tertiary alicyclic amines) is 1. The van der Waals surface area contributed by atoms with Crippen LogP contribution >= 0.6 is 11.3 Å². The summed E-state index contributed by atoms with van der Waals surface area (Å²) < 4.78 is 27.9. The van der Waals surface area contributed by atoms with Crippen molar-refractivity contribution in [3.63, 3.8) is 0 Å². The maximum absolute atomic E-state index is 12.4. The summed E-state index contributed by atoms with van der Waals surface area (Å²) >= 11 is 1.36. The average molecular weight is 376 g/mol. The Balaban J connectivity index is 1.40. The maximum Gasteiger partial charge on any atom is 0.268 e. The molecule has 2 aromatic heterocycles. The van der Waals surface area contributed by atoms with E-state index in [1.165, 1.54) is 11.3 Å². The lowest BCUT2D eigenvalue weighted by Crippen LogP contribution is -2.55. The molecular weight excluding hydrogens is 360 g/mol. The lowest BCUT2D eigenvalue weighted by Gasteiger charge is -2.38. The third kappa shape index (κ3) is 3.30. The van der Waals surface area contributed by atoms with Gasteiger partial charge in [-0.3, -0.25) is 14.4 Å². The van der Waals surface area contributed by atoms with Crippen LogP contribution in [0.4, 0.5) is 5.69 Å². The van der Waals surface area contributed by atoms with E-state index in [9.17, 15) is 13.2 Å². The molecule has 7 nitrogen and oxygen atoms in total. The summed E-state index contributed by atoms with van der Waals surface area (Å²) in [5.41, 5.74) is 1.10. The molecule has 9 heteroatoms. The molecule has 1 saturated heterocycles. The van der Waals surface area contributed by atoms with E-state index in [0.29, 0.717) is 41.4 Å². The minimum absolute atomic E-state index is 0.148. The molecular formula is C16H16N4O3S2. The normalized spacial score (nSPS) is 16.0. The highest BCUT2D eigenvalue weighted by molar-refractivity contribution is 7.93. The van der Waals surface area contributed by atoms with Crippen LogP contribution in [0.2, 0.25) is 0 Å². The topological polar surface area (TPSA) is 95.2 Å². The van der Waals surface area contributed by atoms with Crippen molar-refractivity contribution in [1.82, 2.24) is 14.9 Å². The molecule has 1 fully saturated rings. The molecule has 0 saturated carbocycles. The first-order valence-electron chi connectivity index (χ1n) is 7.77. The number of hydrogen-bond donors (Lipinski definition) is 2. The first kappa shape index (κ1) is 16.2. The average Bonchev–Trinajstić information content (AvgIpc) is 3.00. The molecule has 0 atom stereocenters. The zero-order valence-corrected chi connectivity index (χ0v) is 14.8. The van der Waals surface area contributed by atoms with E-state index in [1.807, 2.05) is 22.4 Å². The van der Waals surface area contributed by atoms with E-state index >= 15 is 0 Å². The van der Waals surface area contributed by atoms with Crippen LogP contribution in [0.1, 0.15) is 5.82 Å². The van der Waals surface area contributed by atoms with Gasteiger partial charge in [0.15, 0.2) is 0 Å². The van der Waals surface area contributed by atoms with Gasteiger partial charge >= 0.3 is 0 Å². The van der Waals surface area contributed by atoms with Crippen LogP contribution in [0, 0.1) is 0 Å². The number of hydrogen-bond acceptors (Lipinski definition) is 6. The van der Waals surface area contributed by atoms with Gasteiger partial charge in [-0.05, 0) is 23.6 Å². The Hall–Kier alpha value is -2.23. The molecule has 1 aliphatic heterocycles. The molecule has 0 spiro atoms. The minimum atomic E-state index is -3.42. The fourth-order valence-corrected chi connectivity index (χ4v) is 4.98. The molecule has 0 radical (unpaired) electrons. The number of nitrogens with one attached hydrogen (secondary N) is 2. The number of fused-ring (bicyclic) bond motifs is 1. The van der Waals surface area contributed by atoms with E-state index in [0.717, 1.165) is 0 Å². The molecule has 1 aromatic carbocycles. The number of aromatic amines is 1. The molecule has 25 heavy (non-hydrogen) atoms. The van der Waals surface area contributed by atoms with Crippen LogP contribution in [-0.2, 0) is 16.6 Å². The van der Waals surface area contributed by atoms with Gasteiger partial charge in [0.05, 0.1) is 12.1 Å². The summed E-state index contributed by atoms with van der Waals surface area (Å²) in [5.74, 6) is 0.558. The van der Waals surface area contributed by atoms with Gasteiger partial charge in [0, 0.05) is 18.8 Å². The number of benzene rings is 1. The van der Waals surface area contributed by atoms with Crippen molar-refractivity contribution in [2.45, 2.75) is 11.8 Å². The highest BCUT2D eigenvalue weighted by Crippen LogP contribution is 2.21. The number of thiophene rings is 1. The predicted molar refractivity (Wildman–Crippen MR) is 98.3 cm³/mol. The second-order valence-electron chi connectivity index (χ2n) is 5.98. The first-order valence-corrected chi connectivity index (χ1v) is 10.2. The highest BCUT2D eigenvalue weighted by Gasteiger charge is 2.37. The van der Waals surface area contributed by atoms with Crippen molar-refractivity contribution < 1.29 is 8.42 Å². The summed E-state index contributed by atoms with van der Waals surface area (Å²) in [7, 11) is -3.42. The third-order valence-corrected chi connectivity index (χ3v) is 6.73. The number of para-hydroxylation sites is 1. The SMILES string of the molecule is O=c1[nH]c(CN2CC(S(=O)(=O)Nc3ccccc3)C2)nc2ccsc12. The van der Waals surface area contributed by atoms with E-state index in [2.05, 4.69) is 14.7 Å². The van der Waals surface area contributed by atoms with Crippen molar-refractivity contribution in [2.24, 2.45) is 0 Å². The number of nitrogens with zero attached hydrogens (tertiary/aromatic N) is 2. The Bertz CT molecular complexity index is 1050. The van der Waals surface area contributed by atoms with Crippen molar-refractivity contribution >= 4 is 37.3 Å². The van der Waals surface area contributed by atoms with E-state index in [4.69, 9.17) is 0 Å². The molecule has 130 valence electrons. The number of H-pyrrole nitrogens is 1. The van der Waals surface area contributed by atoms with Gasteiger partial charge in [-0.1, -0.05) is 18.2 Å². The van der Waals surface area contributed by atoms with Gasteiger partial charge in [-0.2, -0.15) is 0 Å². The van der Waals surface area contributed by atoms with Crippen molar-refractivity contribution in [1.29, 1.82) is 0 Å². The smallest absolute Gasteiger partial charge is 0.268 e. The summed E-state index contributed by atoms with van der Waals surface area (Å²) in [5, 5.41) is 1.36. The fraction of sp³-hybridized carbons (Fsp3) is 0.250. The fourth-order valence-electron chi connectivity index (χ4n) is 2.81. The molecule has 3 heterocycles. The zero-order chi connectivity index (χ0) is 17.4. The molecule has 0 bridgehead atoms. The number of aromatic nitrogens is 2. The monoisotopic (exact) mass is 376 g/mol. The molecule has 0 amide bonds. The Morgan fingerprint density at radius 1 is 1.24 bits per heavy atom.